The van der Waals surface area contributed by atoms with Crippen LogP contribution in [-0.4, -0.2) is 81.4 Å². The van der Waals surface area contributed by atoms with E-state index in [1.807, 2.05) is 18.6 Å². The summed E-state index contributed by atoms with van der Waals surface area (Å²) in [5.74, 6) is -2.46. The lowest BCUT2D eigenvalue weighted by atomic mass is 10.0. The molecule has 14 heteroatoms. The summed E-state index contributed by atoms with van der Waals surface area (Å²) in [6.45, 7) is 11.6. The van der Waals surface area contributed by atoms with E-state index in [4.69, 9.17) is 27.9 Å². The fourth-order valence-electron chi connectivity index (χ4n) is 4.60. The molecule has 5 unspecified atom stereocenters. The highest BCUT2D eigenvalue weighted by atomic mass is 32.2. The van der Waals surface area contributed by atoms with Crippen LogP contribution in [-0.2, 0) is 43.0 Å². The van der Waals surface area contributed by atoms with Crippen molar-refractivity contribution in [3.63, 3.8) is 0 Å². The monoisotopic (exact) mass is 614 g/mol. The number of carbonyl (C=O) groups is 3. The first-order valence-electron chi connectivity index (χ1n) is 13.9. The first-order valence-corrected chi connectivity index (χ1v) is 15.3. The number of hydrogen-bond acceptors (Lipinski definition) is 11. The smallest absolute Gasteiger partial charge is 0.408 e. The Morgan fingerprint density at radius 1 is 1.02 bits per heavy atom. The molecule has 2 aliphatic rings. The molecule has 0 spiro atoms. The molecule has 2 heterocycles. The average Bonchev–Trinajstić information content (AvgIpc) is 3.34. The van der Waals surface area contributed by atoms with Crippen LogP contribution in [0.15, 0.2) is 30.3 Å². The van der Waals surface area contributed by atoms with Gasteiger partial charge in [-0.3, -0.25) is 8.98 Å². The summed E-state index contributed by atoms with van der Waals surface area (Å²) in [7, 11) is -4.59. The lowest BCUT2D eigenvalue weighted by Gasteiger charge is -2.25. The number of carbonyl (C=O) groups excluding carboxylic acids is 3. The molecule has 0 radical (unpaired) electrons. The van der Waals surface area contributed by atoms with Crippen molar-refractivity contribution in [1.29, 1.82) is 0 Å². The summed E-state index contributed by atoms with van der Waals surface area (Å²) in [5.41, 5.74) is -0.390. The molecule has 2 aliphatic heterocycles. The molecule has 5 atom stereocenters. The minimum Gasteiger partial charge on any atom is -0.462 e. The quantitative estimate of drug-likeness (QED) is 0.333. The number of alkyl carbamates (subject to hydrolysis) is 1. The van der Waals surface area contributed by atoms with Crippen molar-refractivity contribution in [2.24, 2.45) is 5.92 Å². The van der Waals surface area contributed by atoms with Gasteiger partial charge >= 0.3 is 22.4 Å². The van der Waals surface area contributed by atoms with Gasteiger partial charge in [0.25, 0.3) is 5.91 Å². The topological polar surface area (TPSA) is 165 Å². The molecule has 1 aromatic carbocycles. The van der Waals surface area contributed by atoms with Crippen molar-refractivity contribution in [1.82, 2.24) is 10.0 Å². The third-order valence-corrected chi connectivity index (χ3v) is 7.12. The minimum absolute atomic E-state index is 0.0369. The van der Waals surface area contributed by atoms with Crippen molar-refractivity contribution < 1.29 is 50.7 Å². The molecule has 2 fully saturated rings. The van der Waals surface area contributed by atoms with Crippen LogP contribution in [0.25, 0.3) is 0 Å². The van der Waals surface area contributed by atoms with Crippen LogP contribution < -0.4 is 10.0 Å². The molecule has 3 rings (SSSR count). The maximum absolute atomic E-state index is 12.8. The fourth-order valence-corrected chi connectivity index (χ4v) is 5.36. The molecule has 236 valence electrons. The normalized spacial score (nSPS) is 24.1. The van der Waals surface area contributed by atoms with Gasteiger partial charge in [0.1, 0.15) is 30.0 Å². The van der Waals surface area contributed by atoms with E-state index in [2.05, 4.69) is 5.32 Å². The SMILES string of the molecule is CC(C)CC(NC(=O)OC(C)(C)C)C(=O)NS(=O)(=O)OCC1OC(CCOC(=O)c2ccccc2)C2OC(C)(C)OC12. The molecule has 0 aromatic heterocycles. The zero-order valence-electron chi connectivity index (χ0n) is 25.1. The van der Waals surface area contributed by atoms with Gasteiger partial charge in [-0.2, -0.15) is 8.42 Å². The van der Waals surface area contributed by atoms with Crippen molar-refractivity contribution in [3.8, 4) is 0 Å². The molecule has 13 nitrogen and oxygen atoms in total. The van der Waals surface area contributed by atoms with Crippen LogP contribution in [0, 0.1) is 5.92 Å². The number of benzene rings is 1. The lowest BCUT2D eigenvalue weighted by Crippen LogP contribution is -2.50. The van der Waals surface area contributed by atoms with Gasteiger partial charge in [-0.15, -0.1) is 0 Å². The molecule has 2 saturated heterocycles. The molecule has 1 aromatic rings. The van der Waals surface area contributed by atoms with Gasteiger partial charge in [0.15, 0.2) is 5.79 Å². The highest BCUT2D eigenvalue weighted by Gasteiger charge is 2.55. The Morgan fingerprint density at radius 3 is 2.24 bits per heavy atom. The number of esters is 1. The van der Waals surface area contributed by atoms with Gasteiger partial charge in [0.2, 0.25) is 0 Å². The van der Waals surface area contributed by atoms with E-state index in [0.717, 1.165) is 0 Å². The first-order chi connectivity index (χ1) is 19.4. The zero-order valence-corrected chi connectivity index (χ0v) is 25.9. The summed E-state index contributed by atoms with van der Waals surface area (Å²) >= 11 is 0. The van der Waals surface area contributed by atoms with E-state index in [-0.39, 0.29) is 25.4 Å². The van der Waals surface area contributed by atoms with Crippen LogP contribution in [0.1, 0.15) is 71.7 Å². The second-order valence-electron chi connectivity index (χ2n) is 12.1. The Morgan fingerprint density at radius 2 is 1.64 bits per heavy atom. The van der Waals surface area contributed by atoms with Crippen LogP contribution in [0.3, 0.4) is 0 Å². The predicted molar refractivity (Wildman–Crippen MR) is 149 cm³/mol. The maximum atomic E-state index is 12.8. The van der Waals surface area contributed by atoms with Gasteiger partial charge in [0, 0.05) is 6.42 Å². The first kappa shape index (κ1) is 33.7. The van der Waals surface area contributed by atoms with E-state index < -0.39 is 76.7 Å². The molecule has 0 aliphatic carbocycles. The summed E-state index contributed by atoms with van der Waals surface area (Å²) in [4.78, 5) is 37.3. The number of amides is 2. The van der Waals surface area contributed by atoms with Crippen LogP contribution in [0.4, 0.5) is 4.79 Å². The number of ether oxygens (including phenoxy) is 5. The van der Waals surface area contributed by atoms with Gasteiger partial charge in [-0.05, 0) is 59.1 Å². The predicted octanol–water partition coefficient (Wildman–Crippen LogP) is 2.84. The Labute approximate surface area is 247 Å². The fraction of sp³-hybridized carbons (Fsp3) is 0.679. The lowest BCUT2D eigenvalue weighted by molar-refractivity contribution is -0.190. The number of nitrogens with one attached hydrogen (secondary N) is 2. The van der Waals surface area contributed by atoms with Gasteiger partial charge < -0.3 is 29.0 Å². The van der Waals surface area contributed by atoms with E-state index >= 15 is 0 Å². The highest BCUT2D eigenvalue weighted by Crippen LogP contribution is 2.40. The molecule has 2 N–H and O–H groups in total. The van der Waals surface area contributed by atoms with Crippen LogP contribution in [0.2, 0.25) is 0 Å². The molecule has 0 saturated carbocycles. The molecule has 42 heavy (non-hydrogen) atoms. The summed E-state index contributed by atoms with van der Waals surface area (Å²) in [6, 6.07) is 7.37. The van der Waals surface area contributed by atoms with Crippen molar-refractivity contribution in [2.75, 3.05) is 13.2 Å². The van der Waals surface area contributed by atoms with Crippen molar-refractivity contribution in [3.05, 3.63) is 35.9 Å². The molecular formula is C28H42N2O11S. The van der Waals surface area contributed by atoms with E-state index in [9.17, 15) is 22.8 Å². The van der Waals surface area contributed by atoms with Gasteiger partial charge in [-0.25, -0.2) is 14.3 Å². The molecular weight excluding hydrogens is 572 g/mol. The summed E-state index contributed by atoms with van der Waals surface area (Å²) in [6.07, 6.45) is -3.07. The van der Waals surface area contributed by atoms with Crippen molar-refractivity contribution in [2.45, 2.75) is 103 Å². The number of hydrogen-bond donors (Lipinski definition) is 2. The Bertz CT molecular complexity index is 1200. The minimum atomic E-state index is -4.59. The Balaban J connectivity index is 1.57. The van der Waals surface area contributed by atoms with Crippen LogP contribution >= 0.6 is 0 Å². The average molecular weight is 615 g/mol. The molecule has 0 bridgehead atoms. The largest absolute Gasteiger partial charge is 0.462 e. The zero-order chi connectivity index (χ0) is 31.3. The van der Waals surface area contributed by atoms with Crippen molar-refractivity contribution >= 4 is 28.3 Å². The van der Waals surface area contributed by atoms with Gasteiger partial charge in [-0.1, -0.05) is 32.0 Å². The van der Waals surface area contributed by atoms with Crippen LogP contribution in [0.5, 0.6) is 0 Å². The second-order valence-corrected chi connectivity index (χ2v) is 13.4. The standard InChI is InChI=1S/C28H42N2O11S/c1-17(2)15-19(29-26(33)41-27(3,4)5)24(31)30-42(34,35)37-16-21-23-22(39-28(6,7)40-23)20(38-21)13-14-36-25(32)18-11-9-8-10-12-18/h8-12,17,19-23H,13-16H2,1-7H3,(H,29,33)(H,30,31). The highest BCUT2D eigenvalue weighted by molar-refractivity contribution is 7.85. The van der Waals surface area contributed by atoms with E-state index in [1.165, 1.54) is 0 Å². The molecule has 2 amide bonds. The number of rotatable bonds is 12. The van der Waals surface area contributed by atoms with Gasteiger partial charge in [0.05, 0.1) is 24.9 Å². The Hall–Kier alpha value is -2.78. The summed E-state index contributed by atoms with van der Waals surface area (Å²) < 4.78 is 60.8. The third-order valence-electron chi connectivity index (χ3n) is 6.22. The Kier molecular flexibility index (Phi) is 11.0. The summed E-state index contributed by atoms with van der Waals surface area (Å²) in [5, 5.41) is 2.42. The second kappa shape index (κ2) is 13.7. The van der Waals surface area contributed by atoms with E-state index in [1.54, 1.807) is 65.0 Å². The maximum Gasteiger partial charge on any atom is 0.408 e. The third kappa shape index (κ3) is 10.2. The number of fused-ring (bicyclic) bond motifs is 1. The van der Waals surface area contributed by atoms with E-state index in [0.29, 0.717) is 5.56 Å².